The minimum atomic E-state index is -1.73. The van der Waals surface area contributed by atoms with Crippen molar-refractivity contribution in [3.63, 3.8) is 0 Å². The van der Waals surface area contributed by atoms with Crippen LogP contribution in [0.1, 0.15) is 6.42 Å². The van der Waals surface area contributed by atoms with Gasteiger partial charge in [-0.1, -0.05) is 0 Å². The highest BCUT2D eigenvalue weighted by atomic mass is 16.7. The lowest BCUT2D eigenvalue weighted by atomic mass is 9.99. The Kier molecular flexibility index (Phi) is 7.70. The Hall–Kier alpha value is -1.34. The molecule has 0 aromatic heterocycles. The van der Waals surface area contributed by atoms with Crippen molar-refractivity contribution in [2.45, 2.75) is 37.1 Å². The van der Waals surface area contributed by atoms with Crippen molar-refractivity contribution in [3.8, 4) is 0 Å². The molecule has 5 atom stereocenters. The lowest BCUT2D eigenvalue weighted by Crippen LogP contribution is -2.60. The van der Waals surface area contributed by atoms with E-state index in [0.29, 0.717) is 13.1 Å². The van der Waals surface area contributed by atoms with E-state index in [-0.39, 0.29) is 13.0 Å². The molecule has 26 heavy (non-hydrogen) atoms. The molecular formula is C15H26N2O9. The van der Waals surface area contributed by atoms with Gasteiger partial charge in [-0.2, -0.15) is 0 Å². The van der Waals surface area contributed by atoms with Crippen LogP contribution in [-0.2, 0) is 19.1 Å². The number of piperazine rings is 1. The Morgan fingerprint density at radius 3 is 2.04 bits per heavy atom. The Balaban J connectivity index is 1.71. The molecule has 0 saturated carbocycles. The summed E-state index contributed by atoms with van der Waals surface area (Å²) in [7, 11) is 0. The minimum Gasteiger partial charge on any atom is -0.481 e. The predicted octanol–water partition coefficient (Wildman–Crippen LogP) is -3.01. The van der Waals surface area contributed by atoms with Crippen molar-refractivity contribution in [2.75, 3.05) is 45.9 Å². The molecule has 2 heterocycles. The number of aliphatic carboxylic acids is 2. The van der Waals surface area contributed by atoms with Crippen LogP contribution in [0.2, 0.25) is 0 Å². The third-order valence-electron chi connectivity index (χ3n) is 4.61. The highest BCUT2D eigenvalue weighted by Crippen LogP contribution is 2.22. The fourth-order valence-electron chi connectivity index (χ4n) is 2.98. The molecule has 0 radical (unpaired) electrons. The third-order valence-corrected chi connectivity index (χ3v) is 4.61. The van der Waals surface area contributed by atoms with E-state index in [1.54, 1.807) is 0 Å². The number of ether oxygens (including phenoxy) is 2. The summed E-state index contributed by atoms with van der Waals surface area (Å²) in [5, 5.41) is 46.9. The molecule has 0 amide bonds. The SMILES string of the molecule is O=C(O)CCN1CCN(CCOC2OC(C(=O)O)C(O)C(O)C2O)CC1. The Morgan fingerprint density at radius 1 is 0.923 bits per heavy atom. The van der Waals surface area contributed by atoms with Crippen LogP contribution in [-0.4, -0.2) is 124 Å². The molecule has 11 nitrogen and oxygen atoms in total. The summed E-state index contributed by atoms with van der Waals surface area (Å²) in [5.41, 5.74) is 0. The second kappa shape index (κ2) is 9.55. The summed E-state index contributed by atoms with van der Waals surface area (Å²) < 4.78 is 10.4. The highest BCUT2D eigenvalue weighted by Gasteiger charge is 2.47. The Labute approximate surface area is 150 Å². The summed E-state index contributed by atoms with van der Waals surface area (Å²) in [4.78, 5) is 25.8. The fraction of sp³-hybridized carbons (Fsp3) is 0.867. The maximum Gasteiger partial charge on any atom is 0.335 e. The highest BCUT2D eigenvalue weighted by molar-refractivity contribution is 5.73. The van der Waals surface area contributed by atoms with Crippen molar-refractivity contribution in [1.82, 2.24) is 9.80 Å². The number of hydrogen-bond donors (Lipinski definition) is 5. The van der Waals surface area contributed by atoms with Crippen LogP contribution in [0.4, 0.5) is 0 Å². The number of hydrogen-bond acceptors (Lipinski definition) is 9. The second-order valence-electron chi connectivity index (χ2n) is 6.43. The van der Waals surface area contributed by atoms with Crippen molar-refractivity contribution in [2.24, 2.45) is 0 Å². The summed E-state index contributed by atoms with van der Waals surface area (Å²) in [6, 6.07) is 0. The van der Waals surface area contributed by atoms with Gasteiger partial charge in [-0.15, -0.1) is 0 Å². The number of carbonyl (C=O) groups is 2. The molecule has 2 aliphatic heterocycles. The van der Waals surface area contributed by atoms with Crippen LogP contribution in [0.5, 0.6) is 0 Å². The van der Waals surface area contributed by atoms with E-state index >= 15 is 0 Å². The number of carboxylic acid groups (broad SMARTS) is 2. The lowest BCUT2D eigenvalue weighted by Gasteiger charge is -2.39. The Bertz CT molecular complexity index is 484. The summed E-state index contributed by atoms with van der Waals surface area (Å²) in [5.74, 6) is -2.27. The number of rotatable bonds is 8. The van der Waals surface area contributed by atoms with Gasteiger partial charge in [0.15, 0.2) is 12.4 Å². The van der Waals surface area contributed by atoms with Crippen LogP contribution in [0.3, 0.4) is 0 Å². The van der Waals surface area contributed by atoms with Gasteiger partial charge in [0.2, 0.25) is 0 Å². The number of aliphatic hydroxyl groups is 3. The van der Waals surface area contributed by atoms with Gasteiger partial charge in [-0.25, -0.2) is 4.79 Å². The van der Waals surface area contributed by atoms with Crippen molar-refractivity contribution in [3.05, 3.63) is 0 Å². The molecule has 2 aliphatic rings. The van der Waals surface area contributed by atoms with Crippen molar-refractivity contribution in [1.29, 1.82) is 0 Å². The predicted molar refractivity (Wildman–Crippen MR) is 85.4 cm³/mol. The largest absolute Gasteiger partial charge is 0.481 e. The average molecular weight is 378 g/mol. The van der Waals surface area contributed by atoms with E-state index in [9.17, 15) is 24.9 Å². The quantitative estimate of drug-likeness (QED) is 0.292. The summed E-state index contributed by atoms with van der Waals surface area (Å²) in [6.45, 7) is 4.11. The van der Waals surface area contributed by atoms with Crippen LogP contribution in [0, 0.1) is 0 Å². The van der Waals surface area contributed by atoms with Gasteiger partial charge < -0.3 is 39.9 Å². The summed E-state index contributed by atoms with van der Waals surface area (Å²) >= 11 is 0. The molecular weight excluding hydrogens is 352 g/mol. The monoisotopic (exact) mass is 378 g/mol. The molecule has 2 rings (SSSR count). The van der Waals surface area contributed by atoms with Gasteiger partial charge in [0.25, 0.3) is 0 Å². The third kappa shape index (κ3) is 5.58. The normalized spacial score (nSPS) is 33.9. The second-order valence-corrected chi connectivity index (χ2v) is 6.43. The minimum absolute atomic E-state index is 0.110. The maximum absolute atomic E-state index is 11.0. The molecule has 5 unspecified atom stereocenters. The first-order chi connectivity index (χ1) is 12.3. The zero-order chi connectivity index (χ0) is 19.3. The van der Waals surface area contributed by atoms with Gasteiger partial charge in [-0.05, 0) is 0 Å². The smallest absolute Gasteiger partial charge is 0.335 e. The molecule has 0 bridgehead atoms. The fourth-order valence-corrected chi connectivity index (χ4v) is 2.98. The van der Waals surface area contributed by atoms with E-state index < -0.39 is 42.6 Å². The van der Waals surface area contributed by atoms with E-state index in [1.807, 2.05) is 0 Å². The Morgan fingerprint density at radius 2 is 1.50 bits per heavy atom. The van der Waals surface area contributed by atoms with E-state index in [2.05, 4.69) is 9.80 Å². The van der Waals surface area contributed by atoms with Gasteiger partial charge in [0.05, 0.1) is 13.0 Å². The van der Waals surface area contributed by atoms with Gasteiger partial charge in [0.1, 0.15) is 18.3 Å². The number of nitrogens with zero attached hydrogens (tertiary/aromatic N) is 2. The molecule has 0 aromatic carbocycles. The van der Waals surface area contributed by atoms with Gasteiger partial charge >= 0.3 is 11.9 Å². The molecule has 5 N–H and O–H groups in total. The van der Waals surface area contributed by atoms with Crippen LogP contribution in [0.15, 0.2) is 0 Å². The van der Waals surface area contributed by atoms with E-state index in [0.717, 1.165) is 26.2 Å². The number of aliphatic hydroxyl groups excluding tert-OH is 3. The van der Waals surface area contributed by atoms with Gasteiger partial charge in [-0.3, -0.25) is 9.69 Å². The molecule has 0 aromatic rings. The van der Waals surface area contributed by atoms with Crippen molar-refractivity contribution >= 4 is 11.9 Å². The van der Waals surface area contributed by atoms with Crippen molar-refractivity contribution < 1.29 is 44.6 Å². The maximum atomic E-state index is 11.0. The lowest BCUT2D eigenvalue weighted by molar-refractivity contribution is -0.294. The zero-order valence-electron chi connectivity index (χ0n) is 14.3. The van der Waals surface area contributed by atoms with Crippen LogP contribution >= 0.6 is 0 Å². The van der Waals surface area contributed by atoms with Crippen LogP contribution < -0.4 is 0 Å². The van der Waals surface area contributed by atoms with Crippen LogP contribution in [0.25, 0.3) is 0 Å². The molecule has 0 aliphatic carbocycles. The molecule has 2 saturated heterocycles. The molecule has 11 heteroatoms. The zero-order valence-corrected chi connectivity index (χ0v) is 14.3. The standard InChI is InChI=1S/C15H26N2O9/c18-9(19)1-2-16-3-5-17(6-4-16)7-8-25-15-12(22)10(20)11(21)13(26-15)14(23)24/h10-13,15,20-22H,1-8H2,(H,18,19)(H,23,24). The van der Waals surface area contributed by atoms with E-state index in [4.69, 9.17) is 19.7 Å². The summed E-state index contributed by atoms with van der Waals surface area (Å²) in [6.07, 6.45) is -7.86. The van der Waals surface area contributed by atoms with Gasteiger partial charge in [0, 0.05) is 39.3 Å². The number of carboxylic acids is 2. The molecule has 0 spiro atoms. The molecule has 150 valence electrons. The average Bonchev–Trinajstić information content (AvgIpc) is 2.60. The first-order valence-electron chi connectivity index (χ1n) is 8.50. The molecule has 2 fully saturated rings. The topological polar surface area (TPSA) is 160 Å². The first kappa shape index (κ1) is 21.0. The first-order valence-corrected chi connectivity index (χ1v) is 8.50. The van der Waals surface area contributed by atoms with E-state index in [1.165, 1.54) is 0 Å².